The molecule has 154 valence electrons. The Morgan fingerprint density at radius 2 is 1.66 bits per heavy atom. The van der Waals surface area contributed by atoms with Gasteiger partial charge < -0.3 is 10.1 Å². The molecule has 2 rings (SSSR count). The number of halogens is 3. The predicted octanol–water partition coefficient (Wildman–Crippen LogP) is 4.12. The highest BCUT2D eigenvalue weighted by atomic mass is 79.9. The molecule has 2 aromatic rings. The van der Waals surface area contributed by atoms with Gasteiger partial charge in [-0.05, 0) is 52.7 Å². The normalized spacial score (nSPS) is 10.2. The van der Waals surface area contributed by atoms with E-state index in [1.807, 2.05) is 13.0 Å². The molecule has 0 unspecified atom stereocenters. The van der Waals surface area contributed by atoms with Crippen LogP contribution >= 0.6 is 43.5 Å². The number of benzene rings is 2. The Kier molecular flexibility index (Phi) is 8.94. The molecule has 0 saturated heterocycles. The topological polar surface area (TPSA) is 96.5 Å². The minimum Gasteiger partial charge on any atom is -0.482 e. The van der Waals surface area contributed by atoms with Gasteiger partial charge in [0.15, 0.2) is 6.61 Å². The first-order valence-corrected chi connectivity index (χ1v) is 10.4. The predicted molar refractivity (Wildman–Crippen MR) is 118 cm³/mol. The zero-order chi connectivity index (χ0) is 21.4. The van der Waals surface area contributed by atoms with Crippen molar-refractivity contribution in [2.24, 2.45) is 0 Å². The lowest BCUT2D eigenvalue weighted by Crippen LogP contribution is -2.44. The van der Waals surface area contributed by atoms with Crippen LogP contribution in [0.15, 0.2) is 45.3 Å². The molecule has 0 aliphatic rings. The van der Waals surface area contributed by atoms with Crippen molar-refractivity contribution in [3.05, 3.63) is 55.9 Å². The van der Waals surface area contributed by atoms with Crippen molar-refractivity contribution in [2.45, 2.75) is 19.8 Å². The Hall–Kier alpha value is -2.10. The molecule has 2 aromatic carbocycles. The molecule has 3 N–H and O–H groups in total. The minimum absolute atomic E-state index is 0.0611. The Labute approximate surface area is 189 Å². The zero-order valence-electron chi connectivity index (χ0n) is 15.4. The summed E-state index contributed by atoms with van der Waals surface area (Å²) in [5.74, 6) is -0.869. The van der Waals surface area contributed by atoms with E-state index in [4.69, 9.17) is 16.3 Å². The Balaban J connectivity index is 1.70. The molecule has 3 amide bonds. The fourth-order valence-electron chi connectivity index (χ4n) is 2.25. The molecule has 0 saturated carbocycles. The van der Waals surface area contributed by atoms with Crippen molar-refractivity contribution >= 4 is 66.9 Å². The summed E-state index contributed by atoms with van der Waals surface area (Å²) in [7, 11) is 0. The fourth-order valence-corrected chi connectivity index (χ4v) is 3.99. The second kappa shape index (κ2) is 11.2. The van der Waals surface area contributed by atoms with Gasteiger partial charge in [0.2, 0.25) is 11.8 Å². The number of hydrogen-bond acceptors (Lipinski definition) is 4. The van der Waals surface area contributed by atoms with Crippen LogP contribution in [0.1, 0.15) is 18.4 Å². The maximum absolute atomic E-state index is 11.9. The first-order chi connectivity index (χ1) is 13.8. The minimum atomic E-state index is -0.534. The molecule has 0 aliphatic carbocycles. The number of para-hydroxylation sites is 1. The van der Waals surface area contributed by atoms with Crippen LogP contribution in [0.3, 0.4) is 0 Å². The fraction of sp³-hybridized carbons (Fsp3) is 0.211. The Morgan fingerprint density at radius 3 is 2.34 bits per heavy atom. The van der Waals surface area contributed by atoms with E-state index in [2.05, 4.69) is 48.0 Å². The lowest BCUT2D eigenvalue weighted by molar-refractivity contribution is -0.130. The number of aryl methyl sites for hydroxylation is 1. The van der Waals surface area contributed by atoms with Gasteiger partial charge in [0.05, 0.1) is 15.2 Å². The molecular formula is C19H18Br2ClN3O4. The van der Waals surface area contributed by atoms with Crippen LogP contribution in [-0.4, -0.2) is 24.3 Å². The van der Waals surface area contributed by atoms with Gasteiger partial charge in [-0.25, -0.2) is 0 Å². The monoisotopic (exact) mass is 545 g/mol. The van der Waals surface area contributed by atoms with Crippen LogP contribution in [0.2, 0.25) is 5.02 Å². The van der Waals surface area contributed by atoms with Crippen molar-refractivity contribution < 1.29 is 19.1 Å². The maximum Gasteiger partial charge on any atom is 0.276 e. The van der Waals surface area contributed by atoms with Gasteiger partial charge in [0, 0.05) is 17.3 Å². The van der Waals surface area contributed by atoms with E-state index in [1.54, 1.807) is 30.3 Å². The molecule has 0 spiro atoms. The number of anilines is 1. The van der Waals surface area contributed by atoms with Crippen molar-refractivity contribution in [1.82, 2.24) is 10.9 Å². The highest BCUT2D eigenvalue weighted by molar-refractivity contribution is 9.11. The van der Waals surface area contributed by atoms with Crippen molar-refractivity contribution in [2.75, 3.05) is 11.9 Å². The standard InChI is InChI=1S/C19H18Br2ClN3O4/c1-11-8-12(20)9-13(21)19(11)29-10-18(28)25-24-17(27)7-6-16(26)23-15-5-3-2-4-14(15)22/h2-5,8-9H,6-7,10H2,1H3,(H,23,26)(H,24,27)(H,25,28). The summed E-state index contributed by atoms with van der Waals surface area (Å²) in [5.41, 5.74) is 5.80. The molecule has 0 radical (unpaired) electrons. The van der Waals surface area contributed by atoms with Crippen molar-refractivity contribution in [3.8, 4) is 5.75 Å². The van der Waals surface area contributed by atoms with Crippen LogP contribution < -0.4 is 20.9 Å². The summed E-state index contributed by atoms with van der Waals surface area (Å²) in [6.45, 7) is 1.56. The molecule has 29 heavy (non-hydrogen) atoms. The third-order valence-electron chi connectivity index (χ3n) is 3.61. The number of hydrogen-bond donors (Lipinski definition) is 3. The Morgan fingerprint density at radius 1 is 1.00 bits per heavy atom. The average molecular weight is 548 g/mol. The van der Waals surface area contributed by atoms with E-state index in [0.717, 1.165) is 10.0 Å². The number of nitrogens with one attached hydrogen (secondary N) is 3. The Bertz CT molecular complexity index is 901. The zero-order valence-corrected chi connectivity index (χ0v) is 19.3. The second-order valence-electron chi connectivity index (χ2n) is 5.95. The van der Waals surface area contributed by atoms with E-state index in [0.29, 0.717) is 20.9 Å². The first-order valence-electron chi connectivity index (χ1n) is 8.46. The van der Waals surface area contributed by atoms with Crippen LogP contribution in [-0.2, 0) is 14.4 Å². The number of carbonyl (C=O) groups excluding carboxylic acids is 3. The summed E-state index contributed by atoms with van der Waals surface area (Å²) < 4.78 is 7.06. The molecule has 0 heterocycles. The van der Waals surface area contributed by atoms with Crippen LogP contribution in [0, 0.1) is 6.92 Å². The number of rotatable bonds is 7. The average Bonchev–Trinajstić information content (AvgIpc) is 2.65. The quantitative estimate of drug-likeness (QED) is 0.455. The van der Waals surface area contributed by atoms with Crippen LogP contribution in [0.4, 0.5) is 5.69 Å². The molecule has 0 fully saturated rings. The number of amides is 3. The maximum atomic E-state index is 11.9. The van der Waals surface area contributed by atoms with E-state index in [-0.39, 0.29) is 25.4 Å². The summed E-state index contributed by atoms with van der Waals surface area (Å²) >= 11 is 12.7. The molecule has 0 aromatic heterocycles. The summed E-state index contributed by atoms with van der Waals surface area (Å²) in [6.07, 6.45) is -0.163. The largest absolute Gasteiger partial charge is 0.482 e. The second-order valence-corrected chi connectivity index (χ2v) is 8.12. The summed E-state index contributed by atoms with van der Waals surface area (Å²) in [6, 6.07) is 10.4. The van der Waals surface area contributed by atoms with Gasteiger partial charge in [-0.2, -0.15) is 0 Å². The summed E-state index contributed by atoms with van der Waals surface area (Å²) in [5, 5.41) is 3.02. The van der Waals surface area contributed by atoms with Gasteiger partial charge in [-0.15, -0.1) is 0 Å². The molecule has 0 aliphatic heterocycles. The van der Waals surface area contributed by atoms with Gasteiger partial charge in [0.1, 0.15) is 5.75 Å². The van der Waals surface area contributed by atoms with E-state index >= 15 is 0 Å². The molecule has 0 bridgehead atoms. The third kappa shape index (κ3) is 7.68. The summed E-state index contributed by atoms with van der Waals surface area (Å²) in [4.78, 5) is 35.6. The lowest BCUT2D eigenvalue weighted by Gasteiger charge is -2.12. The van der Waals surface area contributed by atoms with Crippen molar-refractivity contribution in [1.29, 1.82) is 0 Å². The van der Waals surface area contributed by atoms with Gasteiger partial charge in [-0.1, -0.05) is 39.7 Å². The first kappa shape index (κ1) is 23.2. The van der Waals surface area contributed by atoms with Gasteiger partial charge >= 0.3 is 0 Å². The molecule has 0 atom stereocenters. The van der Waals surface area contributed by atoms with Crippen LogP contribution in [0.5, 0.6) is 5.75 Å². The van der Waals surface area contributed by atoms with E-state index in [1.165, 1.54) is 0 Å². The number of carbonyl (C=O) groups is 3. The van der Waals surface area contributed by atoms with E-state index < -0.39 is 11.8 Å². The van der Waals surface area contributed by atoms with Crippen molar-refractivity contribution in [3.63, 3.8) is 0 Å². The van der Waals surface area contributed by atoms with Gasteiger partial charge in [-0.3, -0.25) is 25.2 Å². The highest BCUT2D eigenvalue weighted by Crippen LogP contribution is 2.32. The molecular weight excluding hydrogens is 529 g/mol. The smallest absolute Gasteiger partial charge is 0.276 e. The van der Waals surface area contributed by atoms with Gasteiger partial charge in [0.25, 0.3) is 5.91 Å². The SMILES string of the molecule is Cc1cc(Br)cc(Br)c1OCC(=O)NNC(=O)CCC(=O)Nc1ccccc1Cl. The number of ether oxygens (including phenoxy) is 1. The lowest BCUT2D eigenvalue weighted by atomic mass is 10.2. The van der Waals surface area contributed by atoms with E-state index in [9.17, 15) is 14.4 Å². The van der Waals surface area contributed by atoms with Crippen LogP contribution in [0.25, 0.3) is 0 Å². The number of hydrazine groups is 1. The highest BCUT2D eigenvalue weighted by Gasteiger charge is 2.12. The third-order valence-corrected chi connectivity index (χ3v) is 4.99. The molecule has 7 nitrogen and oxygen atoms in total. The molecule has 10 heteroatoms.